The molecule has 0 saturated heterocycles. The predicted molar refractivity (Wildman–Crippen MR) is 210 cm³/mol. The van der Waals surface area contributed by atoms with Gasteiger partial charge in [0.15, 0.2) is 16.6 Å². The lowest BCUT2D eigenvalue weighted by Gasteiger charge is -2.41. The number of unbranched alkanes of at least 4 members (excludes halogenated alkanes) is 2. The molecule has 270 valence electrons. The van der Waals surface area contributed by atoms with Crippen LogP contribution < -0.4 is 0 Å². The van der Waals surface area contributed by atoms with Crippen molar-refractivity contribution >= 4 is 28.1 Å². The lowest BCUT2D eigenvalue weighted by Crippen LogP contribution is -2.40. The Kier molecular flexibility index (Phi) is 18.0. The molecule has 0 aliphatic heterocycles. The zero-order chi connectivity index (χ0) is 34.7. The first-order valence-electron chi connectivity index (χ1n) is 19.8. The van der Waals surface area contributed by atoms with E-state index in [0.717, 1.165) is 51.7 Å². The molecule has 4 nitrogen and oxygen atoms in total. The van der Waals surface area contributed by atoms with Crippen LogP contribution in [0.25, 0.3) is 0 Å². The van der Waals surface area contributed by atoms with E-state index in [9.17, 15) is 0 Å². The Morgan fingerprint density at radius 3 is 1.02 bits per heavy atom. The van der Waals surface area contributed by atoms with Crippen LogP contribution in [0.2, 0.25) is 39.3 Å². The maximum absolute atomic E-state index is 6.30. The Morgan fingerprint density at radius 2 is 0.783 bits per heavy atom. The quantitative estimate of drug-likeness (QED) is 0.0776. The van der Waals surface area contributed by atoms with Gasteiger partial charge in [0.25, 0.3) is 0 Å². The first kappa shape index (κ1) is 41.9. The highest BCUT2D eigenvalue weighted by atomic mass is 28.4. The van der Waals surface area contributed by atoms with E-state index in [1.165, 1.54) is 49.9 Å². The third-order valence-electron chi connectivity index (χ3n) is 11.0. The zero-order valence-electron chi connectivity index (χ0n) is 33.4. The molecule has 2 saturated carbocycles. The summed E-state index contributed by atoms with van der Waals surface area (Å²) < 4.78 is 12.6. The van der Waals surface area contributed by atoms with Gasteiger partial charge >= 0.3 is 0 Å². The molecule has 0 bridgehead atoms. The van der Waals surface area contributed by atoms with Crippen LogP contribution in [0.15, 0.2) is 9.98 Å². The summed E-state index contributed by atoms with van der Waals surface area (Å²) in [5.41, 5.74) is 2.72. The number of aliphatic imine (C=N–C) groups is 2. The minimum atomic E-state index is -1.50. The Bertz CT molecular complexity index is 809. The van der Waals surface area contributed by atoms with E-state index in [-0.39, 0.29) is 0 Å². The van der Waals surface area contributed by atoms with Crippen molar-refractivity contribution in [1.82, 2.24) is 0 Å². The molecule has 4 atom stereocenters. The standard InChI is InChI=1S/C40H80N2O2Si2/c1-29(2)33-21-19-22-34(30(3)4)39(33)41-37(25-15-17-27-43-45(9,10)11)38(26-16-18-28-44-46(12,13)14)42-40-35(31(5)6)23-20-24-36(40)32(7)8/h29-36,39-40H,15-28H2,1-14H3. The Morgan fingerprint density at radius 1 is 0.500 bits per heavy atom. The largest absolute Gasteiger partial charge is 0.418 e. The van der Waals surface area contributed by atoms with Crippen LogP contribution in [0, 0.1) is 47.3 Å². The average Bonchev–Trinajstić information content (AvgIpc) is 2.93. The first-order valence-corrected chi connectivity index (χ1v) is 26.6. The summed E-state index contributed by atoms with van der Waals surface area (Å²) >= 11 is 0. The molecule has 0 spiro atoms. The van der Waals surface area contributed by atoms with Gasteiger partial charge in [-0.2, -0.15) is 0 Å². The molecule has 2 fully saturated rings. The highest BCUT2D eigenvalue weighted by Crippen LogP contribution is 2.42. The summed E-state index contributed by atoms with van der Waals surface area (Å²) in [6, 6.07) is 0.825. The maximum atomic E-state index is 6.30. The van der Waals surface area contributed by atoms with Crippen LogP contribution >= 0.6 is 0 Å². The van der Waals surface area contributed by atoms with E-state index in [0.29, 0.717) is 59.4 Å². The monoisotopic (exact) mass is 677 g/mol. The van der Waals surface area contributed by atoms with Gasteiger partial charge in [-0.3, -0.25) is 9.98 Å². The van der Waals surface area contributed by atoms with E-state index < -0.39 is 16.6 Å². The van der Waals surface area contributed by atoms with E-state index in [1.807, 2.05) is 0 Å². The van der Waals surface area contributed by atoms with Crippen molar-refractivity contribution in [2.45, 2.75) is 184 Å². The normalized spacial score (nSPS) is 27.4. The molecule has 0 radical (unpaired) electrons. The maximum Gasteiger partial charge on any atom is 0.183 e. The summed E-state index contributed by atoms with van der Waals surface area (Å²) in [6.07, 6.45) is 14.6. The van der Waals surface area contributed by atoms with E-state index in [2.05, 4.69) is 94.7 Å². The molecule has 2 aliphatic carbocycles. The molecule has 0 aromatic carbocycles. The fourth-order valence-electron chi connectivity index (χ4n) is 8.26. The molecule has 0 aromatic rings. The van der Waals surface area contributed by atoms with Crippen molar-refractivity contribution in [3.8, 4) is 0 Å². The van der Waals surface area contributed by atoms with E-state index in [1.54, 1.807) is 0 Å². The van der Waals surface area contributed by atoms with Gasteiger partial charge in [-0.1, -0.05) is 68.2 Å². The van der Waals surface area contributed by atoms with Gasteiger partial charge in [0.05, 0.1) is 23.5 Å². The lowest BCUT2D eigenvalue weighted by atomic mass is 9.68. The van der Waals surface area contributed by atoms with Gasteiger partial charge in [0.2, 0.25) is 0 Å². The van der Waals surface area contributed by atoms with Gasteiger partial charge in [-0.25, -0.2) is 0 Å². The van der Waals surface area contributed by atoms with Crippen molar-refractivity contribution < 1.29 is 8.85 Å². The molecular formula is C40H80N2O2Si2. The second-order valence-electron chi connectivity index (χ2n) is 18.5. The van der Waals surface area contributed by atoms with Gasteiger partial charge in [-0.05, 0) is 151 Å². The molecule has 0 aromatic heterocycles. The molecule has 2 aliphatic rings. The van der Waals surface area contributed by atoms with E-state index in [4.69, 9.17) is 18.8 Å². The van der Waals surface area contributed by atoms with Gasteiger partial charge in [0, 0.05) is 13.2 Å². The Labute approximate surface area is 290 Å². The molecule has 2 rings (SSSR count). The fourth-order valence-corrected chi connectivity index (χ4v) is 9.78. The van der Waals surface area contributed by atoms with Crippen LogP contribution in [0.4, 0.5) is 0 Å². The Hall–Kier alpha value is -0.306. The van der Waals surface area contributed by atoms with Crippen LogP contribution in [-0.2, 0) is 8.85 Å². The molecule has 46 heavy (non-hydrogen) atoms. The zero-order valence-corrected chi connectivity index (χ0v) is 35.4. The highest BCUT2D eigenvalue weighted by Gasteiger charge is 2.39. The van der Waals surface area contributed by atoms with Crippen molar-refractivity contribution in [2.75, 3.05) is 13.2 Å². The van der Waals surface area contributed by atoms with E-state index >= 15 is 0 Å². The second kappa shape index (κ2) is 19.8. The Balaban J connectivity index is 2.59. The summed E-state index contributed by atoms with van der Waals surface area (Å²) in [6.45, 7) is 35.1. The van der Waals surface area contributed by atoms with Crippen LogP contribution in [0.3, 0.4) is 0 Å². The minimum absolute atomic E-state index is 0.413. The number of rotatable bonds is 19. The predicted octanol–water partition coefficient (Wildman–Crippen LogP) is 12.1. The third kappa shape index (κ3) is 14.7. The first-order chi connectivity index (χ1) is 21.4. The second-order valence-corrected chi connectivity index (χ2v) is 27.5. The summed E-state index contributed by atoms with van der Waals surface area (Å²) in [5, 5.41) is 0. The highest BCUT2D eigenvalue weighted by molar-refractivity contribution is 6.70. The summed E-state index contributed by atoms with van der Waals surface area (Å²) in [7, 11) is -3.01. The smallest absolute Gasteiger partial charge is 0.183 e. The topological polar surface area (TPSA) is 43.2 Å². The van der Waals surface area contributed by atoms with Gasteiger partial charge < -0.3 is 8.85 Å². The molecule has 6 heteroatoms. The van der Waals surface area contributed by atoms with Crippen molar-refractivity contribution in [3.05, 3.63) is 0 Å². The molecule has 4 unspecified atom stereocenters. The summed E-state index contributed by atoms with van der Waals surface area (Å²) in [4.78, 5) is 11.9. The molecular weight excluding hydrogens is 597 g/mol. The summed E-state index contributed by atoms with van der Waals surface area (Å²) in [5.74, 6) is 5.31. The number of hydrogen-bond acceptors (Lipinski definition) is 4. The third-order valence-corrected chi connectivity index (χ3v) is 13.1. The van der Waals surface area contributed by atoms with Gasteiger partial charge in [-0.15, -0.1) is 0 Å². The van der Waals surface area contributed by atoms with Crippen molar-refractivity contribution in [3.63, 3.8) is 0 Å². The number of nitrogens with zero attached hydrogens (tertiary/aromatic N) is 2. The minimum Gasteiger partial charge on any atom is -0.418 e. The molecule has 0 amide bonds. The van der Waals surface area contributed by atoms with Crippen LogP contribution in [0.1, 0.15) is 132 Å². The molecule has 0 N–H and O–H groups in total. The lowest BCUT2D eigenvalue weighted by molar-refractivity contribution is 0.141. The van der Waals surface area contributed by atoms with Crippen LogP contribution in [-0.4, -0.2) is 53.4 Å². The van der Waals surface area contributed by atoms with Gasteiger partial charge in [0.1, 0.15) is 0 Å². The number of hydrogen-bond donors (Lipinski definition) is 0. The fraction of sp³-hybridized carbons (Fsp3) is 0.950. The molecule has 0 heterocycles. The van der Waals surface area contributed by atoms with Crippen molar-refractivity contribution in [1.29, 1.82) is 0 Å². The average molecular weight is 677 g/mol. The van der Waals surface area contributed by atoms with Crippen LogP contribution in [0.5, 0.6) is 0 Å². The van der Waals surface area contributed by atoms with Crippen molar-refractivity contribution in [2.24, 2.45) is 57.3 Å². The SMILES string of the molecule is CC(C)C1CCCC(C(C)C)C1N=C(CCCCO[Si](C)(C)C)C(CCCCO[Si](C)(C)C)=NC1C(C(C)C)CCCC1C(C)C.